The van der Waals surface area contributed by atoms with E-state index in [0.717, 1.165) is 0 Å². The van der Waals surface area contributed by atoms with Crippen LogP contribution in [0.2, 0.25) is 0 Å². The molecule has 21 heavy (non-hydrogen) atoms. The van der Waals surface area contributed by atoms with Crippen LogP contribution in [0, 0.1) is 0 Å². The van der Waals surface area contributed by atoms with Crippen molar-refractivity contribution in [3.05, 3.63) is 18.2 Å². The molecule has 1 fully saturated rings. The second kappa shape index (κ2) is 6.57. The van der Waals surface area contributed by atoms with E-state index in [4.69, 9.17) is 9.84 Å². The highest BCUT2D eigenvalue weighted by molar-refractivity contribution is 5.84. The van der Waals surface area contributed by atoms with Crippen molar-refractivity contribution in [2.75, 3.05) is 19.7 Å². The van der Waals surface area contributed by atoms with Crippen LogP contribution in [-0.4, -0.2) is 63.4 Å². The molecule has 0 saturated carbocycles. The third-order valence-corrected chi connectivity index (χ3v) is 3.37. The highest BCUT2D eigenvalue weighted by atomic mass is 16.5. The number of carbonyl (C=O) groups is 2. The molecule has 1 aliphatic rings. The van der Waals surface area contributed by atoms with Crippen molar-refractivity contribution in [3.8, 4) is 0 Å². The monoisotopic (exact) mass is 296 g/mol. The molecule has 8 nitrogen and oxygen atoms in total. The van der Waals surface area contributed by atoms with Gasteiger partial charge in [0.05, 0.1) is 25.1 Å². The van der Waals surface area contributed by atoms with Gasteiger partial charge in [-0.15, -0.1) is 0 Å². The molecule has 2 heterocycles. The average molecular weight is 296 g/mol. The molecule has 1 aliphatic heterocycles. The number of nitrogens with zero attached hydrogens (tertiary/aromatic N) is 3. The zero-order chi connectivity index (χ0) is 15.4. The Hall–Kier alpha value is -2.09. The van der Waals surface area contributed by atoms with Crippen LogP contribution in [0.4, 0.5) is 4.79 Å². The summed E-state index contributed by atoms with van der Waals surface area (Å²) in [7, 11) is 0. The molecule has 0 spiro atoms. The Morgan fingerprint density at radius 3 is 2.95 bits per heavy atom. The first kappa shape index (κ1) is 15.3. The van der Waals surface area contributed by atoms with E-state index in [1.807, 2.05) is 13.8 Å². The minimum atomic E-state index is -1.06. The summed E-state index contributed by atoms with van der Waals surface area (Å²) in [4.78, 5) is 28.3. The molecule has 2 rings (SSSR count). The maximum absolute atomic E-state index is 12.1. The van der Waals surface area contributed by atoms with Crippen molar-refractivity contribution in [3.63, 3.8) is 0 Å². The molecular weight excluding hydrogens is 276 g/mol. The number of rotatable bonds is 4. The minimum absolute atomic E-state index is 0.00282. The Balaban J connectivity index is 1.79. The number of hydrogen-bond acceptors (Lipinski definition) is 4. The number of morpholine rings is 1. The van der Waals surface area contributed by atoms with E-state index in [-0.39, 0.29) is 23.9 Å². The van der Waals surface area contributed by atoms with E-state index in [0.29, 0.717) is 26.2 Å². The standard InChI is InChI=1S/C13H20N4O4/c1-9-7-21-10(2)5-17(9)13(20)14-3-4-16-6-11(12(18)19)15-8-16/h6,8-10H,3-5,7H2,1-2H3,(H,14,20)(H,18,19). The van der Waals surface area contributed by atoms with Gasteiger partial charge in [-0.05, 0) is 13.8 Å². The van der Waals surface area contributed by atoms with Crippen LogP contribution >= 0.6 is 0 Å². The van der Waals surface area contributed by atoms with E-state index in [1.165, 1.54) is 12.5 Å². The molecule has 0 aromatic carbocycles. The number of carboxylic acids is 1. The summed E-state index contributed by atoms with van der Waals surface area (Å²) in [6.07, 6.45) is 2.92. The van der Waals surface area contributed by atoms with Gasteiger partial charge in [-0.1, -0.05) is 0 Å². The molecule has 8 heteroatoms. The summed E-state index contributed by atoms with van der Waals surface area (Å²) in [5.41, 5.74) is -0.00282. The van der Waals surface area contributed by atoms with Crippen LogP contribution in [-0.2, 0) is 11.3 Å². The van der Waals surface area contributed by atoms with Crippen LogP contribution in [0.15, 0.2) is 12.5 Å². The van der Waals surface area contributed by atoms with Crippen LogP contribution in [0.1, 0.15) is 24.3 Å². The molecule has 2 amide bonds. The van der Waals surface area contributed by atoms with Gasteiger partial charge in [-0.3, -0.25) is 0 Å². The molecule has 1 saturated heterocycles. The number of urea groups is 1. The van der Waals surface area contributed by atoms with E-state index in [2.05, 4.69) is 10.3 Å². The lowest BCUT2D eigenvalue weighted by atomic mass is 10.2. The van der Waals surface area contributed by atoms with Crippen LogP contribution in [0.3, 0.4) is 0 Å². The maximum Gasteiger partial charge on any atom is 0.356 e. The first-order valence-electron chi connectivity index (χ1n) is 6.88. The van der Waals surface area contributed by atoms with E-state index in [1.54, 1.807) is 9.47 Å². The summed E-state index contributed by atoms with van der Waals surface area (Å²) in [5.74, 6) is -1.06. The molecule has 116 valence electrons. The molecule has 2 N–H and O–H groups in total. The van der Waals surface area contributed by atoms with E-state index in [9.17, 15) is 9.59 Å². The zero-order valence-corrected chi connectivity index (χ0v) is 12.2. The molecule has 2 atom stereocenters. The lowest BCUT2D eigenvalue weighted by molar-refractivity contribution is -0.0317. The van der Waals surface area contributed by atoms with E-state index < -0.39 is 5.97 Å². The Labute approximate surface area is 122 Å². The van der Waals surface area contributed by atoms with Gasteiger partial charge in [-0.2, -0.15) is 0 Å². The average Bonchev–Trinajstić information content (AvgIpc) is 2.90. The normalized spacial score (nSPS) is 22.1. The largest absolute Gasteiger partial charge is 0.476 e. The summed E-state index contributed by atoms with van der Waals surface area (Å²) < 4.78 is 7.11. The highest BCUT2D eigenvalue weighted by Gasteiger charge is 2.27. The van der Waals surface area contributed by atoms with Crippen molar-refractivity contribution in [2.45, 2.75) is 32.5 Å². The summed E-state index contributed by atoms with van der Waals surface area (Å²) in [6, 6.07) is -0.0794. The fraction of sp³-hybridized carbons (Fsp3) is 0.615. The SMILES string of the molecule is CC1CN(C(=O)NCCn2cnc(C(=O)O)c2)C(C)CO1. The number of aromatic nitrogens is 2. The number of carboxylic acid groups (broad SMARTS) is 1. The van der Waals surface area contributed by atoms with Gasteiger partial charge < -0.3 is 24.6 Å². The molecular formula is C13H20N4O4. The van der Waals surface area contributed by atoms with Crippen molar-refractivity contribution in [1.82, 2.24) is 19.8 Å². The number of carbonyl (C=O) groups excluding carboxylic acids is 1. The lowest BCUT2D eigenvalue weighted by Gasteiger charge is -2.36. The minimum Gasteiger partial charge on any atom is -0.476 e. The molecule has 0 radical (unpaired) electrons. The van der Waals surface area contributed by atoms with Crippen molar-refractivity contribution >= 4 is 12.0 Å². The smallest absolute Gasteiger partial charge is 0.356 e. The highest BCUT2D eigenvalue weighted by Crippen LogP contribution is 2.11. The van der Waals surface area contributed by atoms with Gasteiger partial charge in [-0.25, -0.2) is 14.6 Å². The topological polar surface area (TPSA) is 96.7 Å². The summed E-state index contributed by atoms with van der Waals surface area (Å²) >= 11 is 0. The van der Waals surface area contributed by atoms with Crippen LogP contribution in [0.25, 0.3) is 0 Å². The Morgan fingerprint density at radius 1 is 1.52 bits per heavy atom. The second-order valence-electron chi connectivity index (χ2n) is 5.18. The Bertz CT molecular complexity index is 516. The molecule has 1 aromatic rings. The summed E-state index contributed by atoms with van der Waals surface area (Å²) in [6.45, 7) is 5.87. The third kappa shape index (κ3) is 3.94. The van der Waals surface area contributed by atoms with Gasteiger partial charge in [0.25, 0.3) is 0 Å². The first-order chi connectivity index (χ1) is 9.97. The molecule has 0 bridgehead atoms. The number of amides is 2. The fourth-order valence-electron chi connectivity index (χ4n) is 2.17. The fourth-order valence-corrected chi connectivity index (χ4v) is 2.17. The Morgan fingerprint density at radius 2 is 2.29 bits per heavy atom. The second-order valence-corrected chi connectivity index (χ2v) is 5.18. The van der Waals surface area contributed by atoms with Crippen LogP contribution < -0.4 is 5.32 Å². The molecule has 2 unspecified atom stereocenters. The van der Waals surface area contributed by atoms with Gasteiger partial charge >= 0.3 is 12.0 Å². The number of imidazole rings is 1. The predicted molar refractivity (Wildman–Crippen MR) is 74.2 cm³/mol. The number of aromatic carboxylic acids is 1. The van der Waals surface area contributed by atoms with Crippen molar-refractivity contribution < 1.29 is 19.4 Å². The first-order valence-corrected chi connectivity index (χ1v) is 6.88. The van der Waals surface area contributed by atoms with E-state index >= 15 is 0 Å². The van der Waals surface area contributed by atoms with Crippen molar-refractivity contribution in [2.24, 2.45) is 0 Å². The quantitative estimate of drug-likeness (QED) is 0.838. The van der Waals surface area contributed by atoms with Crippen LogP contribution in [0.5, 0.6) is 0 Å². The van der Waals surface area contributed by atoms with Gasteiger partial charge in [0, 0.05) is 25.8 Å². The van der Waals surface area contributed by atoms with Crippen molar-refractivity contribution in [1.29, 1.82) is 0 Å². The lowest BCUT2D eigenvalue weighted by Crippen LogP contribution is -2.53. The third-order valence-electron chi connectivity index (χ3n) is 3.37. The van der Waals surface area contributed by atoms with Gasteiger partial charge in [0.2, 0.25) is 0 Å². The summed E-state index contributed by atoms with van der Waals surface area (Å²) in [5, 5.41) is 11.6. The number of nitrogens with one attached hydrogen (secondary N) is 1. The number of ether oxygens (including phenoxy) is 1. The zero-order valence-electron chi connectivity index (χ0n) is 12.2. The van der Waals surface area contributed by atoms with Gasteiger partial charge in [0.1, 0.15) is 0 Å². The molecule has 0 aliphatic carbocycles. The predicted octanol–water partition coefficient (Wildman–Crippen LogP) is 0.400. The molecule has 1 aromatic heterocycles. The van der Waals surface area contributed by atoms with Gasteiger partial charge in [0.15, 0.2) is 5.69 Å². The number of hydrogen-bond donors (Lipinski definition) is 2. The Kier molecular flexibility index (Phi) is 4.79. The maximum atomic E-state index is 12.1.